The smallest absolute Gasteiger partial charge is 0.123 e. The van der Waals surface area contributed by atoms with Gasteiger partial charge < -0.3 is 15.0 Å². The largest absolute Gasteiger partial charge is 0.496 e. The monoisotopic (exact) mass is 248 g/mol. The Morgan fingerprint density at radius 2 is 2.17 bits per heavy atom. The lowest BCUT2D eigenvalue weighted by Crippen LogP contribution is -2.27. The molecule has 100 valence electrons. The number of benzene rings is 1. The molecule has 0 amide bonds. The molecule has 0 aliphatic carbocycles. The van der Waals surface area contributed by atoms with E-state index in [4.69, 9.17) is 4.74 Å². The van der Waals surface area contributed by atoms with Gasteiger partial charge >= 0.3 is 0 Å². The van der Waals surface area contributed by atoms with E-state index in [1.54, 1.807) is 7.11 Å². The summed E-state index contributed by atoms with van der Waals surface area (Å²) in [6, 6.07) is 7.11. The summed E-state index contributed by atoms with van der Waals surface area (Å²) in [5.74, 6) is 0.989. The van der Waals surface area contributed by atoms with Crippen LogP contribution in [0.5, 0.6) is 5.75 Å². The number of nitrogens with one attached hydrogen (secondary N) is 1. The molecule has 3 nitrogen and oxygen atoms in total. The van der Waals surface area contributed by atoms with E-state index in [9.17, 15) is 0 Å². The first-order chi connectivity index (χ1) is 8.70. The highest BCUT2D eigenvalue weighted by atomic mass is 16.5. The zero-order valence-corrected chi connectivity index (χ0v) is 11.7. The van der Waals surface area contributed by atoms with Gasteiger partial charge in [0.1, 0.15) is 5.75 Å². The predicted octanol–water partition coefficient (Wildman–Crippen LogP) is 2.57. The highest BCUT2D eigenvalue weighted by Gasteiger charge is 2.16. The third-order valence-electron chi connectivity index (χ3n) is 3.50. The summed E-state index contributed by atoms with van der Waals surface area (Å²) in [5.41, 5.74) is 2.67. The van der Waals surface area contributed by atoms with Gasteiger partial charge in [-0.2, -0.15) is 0 Å². The zero-order valence-electron chi connectivity index (χ0n) is 11.7. The van der Waals surface area contributed by atoms with Crippen LogP contribution in [-0.4, -0.2) is 32.6 Å². The summed E-state index contributed by atoms with van der Waals surface area (Å²) >= 11 is 0. The summed E-state index contributed by atoms with van der Waals surface area (Å²) < 4.78 is 5.44. The van der Waals surface area contributed by atoms with Crippen LogP contribution in [0.15, 0.2) is 18.2 Å². The number of rotatable bonds is 4. The number of piperidine rings is 1. The molecule has 1 aliphatic heterocycles. The van der Waals surface area contributed by atoms with Gasteiger partial charge in [0.15, 0.2) is 0 Å². The first-order valence-corrected chi connectivity index (χ1v) is 6.75. The Balaban J connectivity index is 2.20. The molecule has 1 aromatic carbocycles. The molecule has 1 saturated heterocycles. The second kappa shape index (κ2) is 6.21. The van der Waals surface area contributed by atoms with Crippen molar-refractivity contribution in [2.24, 2.45) is 0 Å². The quantitative estimate of drug-likeness (QED) is 0.886. The fourth-order valence-electron chi connectivity index (χ4n) is 2.62. The summed E-state index contributed by atoms with van der Waals surface area (Å²) in [6.45, 7) is 2.06. The molecular formula is C15H24N2O. The molecule has 1 atom stereocenters. The molecule has 1 fully saturated rings. The van der Waals surface area contributed by atoms with E-state index in [2.05, 4.69) is 42.5 Å². The normalized spacial score (nSPS) is 20.1. The van der Waals surface area contributed by atoms with Crippen molar-refractivity contribution in [1.29, 1.82) is 0 Å². The Morgan fingerprint density at radius 3 is 2.78 bits per heavy atom. The Hall–Kier alpha value is -1.06. The minimum Gasteiger partial charge on any atom is -0.496 e. The van der Waals surface area contributed by atoms with Crippen LogP contribution in [0.25, 0.3) is 0 Å². The van der Waals surface area contributed by atoms with Crippen molar-refractivity contribution in [3.63, 3.8) is 0 Å². The van der Waals surface area contributed by atoms with E-state index in [-0.39, 0.29) is 0 Å². The van der Waals surface area contributed by atoms with Crippen molar-refractivity contribution in [2.45, 2.75) is 31.8 Å². The third kappa shape index (κ3) is 3.24. The Morgan fingerprint density at radius 1 is 1.33 bits per heavy atom. The number of hydrogen-bond donors (Lipinski definition) is 1. The van der Waals surface area contributed by atoms with Crippen LogP contribution in [0, 0.1) is 0 Å². The first-order valence-electron chi connectivity index (χ1n) is 6.75. The number of methoxy groups -OCH3 is 1. The summed E-state index contributed by atoms with van der Waals surface area (Å²) in [5, 5.41) is 3.60. The molecule has 0 saturated carbocycles. The van der Waals surface area contributed by atoms with E-state index < -0.39 is 0 Å². The standard InChI is InChI=1S/C15H24N2O/c1-17(2)11-13-10-12(7-8-15(13)18-3)14-6-4-5-9-16-14/h7-8,10,14,16H,4-6,9,11H2,1-3H3. The second-order valence-electron chi connectivity index (χ2n) is 5.31. The maximum Gasteiger partial charge on any atom is 0.123 e. The lowest BCUT2D eigenvalue weighted by molar-refractivity contribution is 0.369. The van der Waals surface area contributed by atoms with Crippen LogP contribution in [0.2, 0.25) is 0 Å². The molecule has 1 unspecified atom stereocenters. The van der Waals surface area contributed by atoms with Gasteiger partial charge in [0.05, 0.1) is 7.11 Å². The maximum absolute atomic E-state index is 5.44. The number of nitrogens with zero attached hydrogens (tertiary/aromatic N) is 1. The van der Waals surface area contributed by atoms with E-state index in [1.807, 2.05) is 0 Å². The van der Waals surface area contributed by atoms with Crippen molar-refractivity contribution in [1.82, 2.24) is 10.2 Å². The van der Waals surface area contributed by atoms with Crippen LogP contribution < -0.4 is 10.1 Å². The summed E-state index contributed by atoms with van der Waals surface area (Å²) in [7, 11) is 5.92. The molecule has 1 aromatic rings. The zero-order chi connectivity index (χ0) is 13.0. The average molecular weight is 248 g/mol. The molecule has 2 rings (SSSR count). The van der Waals surface area contributed by atoms with Gasteiger partial charge in [0, 0.05) is 18.2 Å². The maximum atomic E-state index is 5.44. The lowest BCUT2D eigenvalue weighted by atomic mass is 9.96. The van der Waals surface area contributed by atoms with Crippen molar-refractivity contribution >= 4 is 0 Å². The van der Waals surface area contributed by atoms with Gasteiger partial charge in [-0.1, -0.05) is 12.5 Å². The number of hydrogen-bond acceptors (Lipinski definition) is 3. The van der Waals surface area contributed by atoms with Gasteiger partial charge in [0.2, 0.25) is 0 Å². The Bertz CT molecular complexity index is 384. The molecule has 0 bridgehead atoms. The van der Waals surface area contributed by atoms with Crippen molar-refractivity contribution in [3.8, 4) is 5.75 Å². The van der Waals surface area contributed by atoms with Crippen LogP contribution in [-0.2, 0) is 6.54 Å². The molecule has 3 heteroatoms. The lowest BCUT2D eigenvalue weighted by Gasteiger charge is -2.25. The van der Waals surface area contributed by atoms with E-state index in [0.29, 0.717) is 6.04 Å². The highest BCUT2D eigenvalue weighted by molar-refractivity contribution is 5.38. The fraction of sp³-hybridized carbons (Fsp3) is 0.600. The van der Waals surface area contributed by atoms with Crippen LogP contribution in [0.4, 0.5) is 0 Å². The van der Waals surface area contributed by atoms with Gasteiger partial charge in [-0.3, -0.25) is 0 Å². The molecule has 1 N–H and O–H groups in total. The van der Waals surface area contributed by atoms with Crippen LogP contribution in [0.1, 0.15) is 36.4 Å². The molecule has 0 aromatic heterocycles. The van der Waals surface area contributed by atoms with Crippen LogP contribution in [0.3, 0.4) is 0 Å². The SMILES string of the molecule is COc1ccc(C2CCCCN2)cc1CN(C)C. The van der Waals surface area contributed by atoms with Crippen molar-refractivity contribution in [3.05, 3.63) is 29.3 Å². The molecule has 1 aliphatic rings. The van der Waals surface area contributed by atoms with Gasteiger partial charge in [0.25, 0.3) is 0 Å². The second-order valence-corrected chi connectivity index (χ2v) is 5.31. The minimum atomic E-state index is 0.519. The summed E-state index contributed by atoms with van der Waals surface area (Å²) in [6.07, 6.45) is 3.87. The van der Waals surface area contributed by atoms with Crippen LogP contribution >= 0.6 is 0 Å². The van der Waals surface area contributed by atoms with Crippen molar-refractivity contribution in [2.75, 3.05) is 27.7 Å². The van der Waals surface area contributed by atoms with E-state index >= 15 is 0 Å². The molecule has 18 heavy (non-hydrogen) atoms. The Labute approximate surface area is 110 Å². The molecule has 0 spiro atoms. The summed E-state index contributed by atoms with van der Waals surface area (Å²) in [4.78, 5) is 2.18. The van der Waals surface area contributed by atoms with Gasteiger partial charge in [-0.15, -0.1) is 0 Å². The topological polar surface area (TPSA) is 24.5 Å². The fourth-order valence-corrected chi connectivity index (χ4v) is 2.62. The van der Waals surface area contributed by atoms with E-state index in [0.717, 1.165) is 18.8 Å². The first kappa shape index (κ1) is 13.4. The van der Waals surface area contributed by atoms with E-state index in [1.165, 1.54) is 30.4 Å². The van der Waals surface area contributed by atoms with Gasteiger partial charge in [-0.25, -0.2) is 0 Å². The minimum absolute atomic E-state index is 0.519. The number of ether oxygens (including phenoxy) is 1. The van der Waals surface area contributed by atoms with Crippen molar-refractivity contribution < 1.29 is 4.74 Å². The average Bonchev–Trinajstić information content (AvgIpc) is 2.39. The molecule has 1 heterocycles. The molecule has 0 radical (unpaired) electrons. The van der Waals surface area contributed by atoms with Gasteiger partial charge in [-0.05, 0) is 51.2 Å². The Kier molecular flexibility index (Phi) is 4.61. The highest BCUT2D eigenvalue weighted by Crippen LogP contribution is 2.28. The predicted molar refractivity (Wildman–Crippen MR) is 75.0 cm³/mol. The third-order valence-corrected chi connectivity index (χ3v) is 3.50. The molecular weight excluding hydrogens is 224 g/mol.